The molecule has 2 heterocycles. The molecule has 7 nitrogen and oxygen atoms in total. The molecule has 184 valence electrons. The van der Waals surface area contributed by atoms with Crippen LogP contribution < -0.4 is 9.47 Å². The molecule has 1 atom stereocenters. The van der Waals surface area contributed by atoms with Crippen molar-refractivity contribution < 1.29 is 28.6 Å². The molecule has 2 aromatic carbocycles. The van der Waals surface area contributed by atoms with Gasteiger partial charge in [-0.05, 0) is 42.2 Å². The number of fused-ring (bicyclic) bond motifs is 1. The average Bonchev–Trinajstić information content (AvgIpc) is 3.37. The number of nitrogens with zero attached hydrogens (tertiary/aromatic N) is 1. The summed E-state index contributed by atoms with van der Waals surface area (Å²) in [5.41, 5.74) is 0.987. The number of Topliss-reactive ketones (excluding diaryl/α,β-unsaturated/α-hetero) is 1. The first-order chi connectivity index (χ1) is 16.7. The third-order valence-corrected chi connectivity index (χ3v) is 5.98. The van der Waals surface area contributed by atoms with Crippen LogP contribution in [0.3, 0.4) is 0 Å². The van der Waals surface area contributed by atoms with E-state index in [1.165, 1.54) is 12.0 Å². The van der Waals surface area contributed by atoms with Gasteiger partial charge in [-0.1, -0.05) is 44.5 Å². The maximum Gasteiger partial charge on any atom is 0.290 e. The summed E-state index contributed by atoms with van der Waals surface area (Å²) in [5, 5.41) is 11.8. The molecule has 0 fully saturated rings. The molecule has 0 saturated carbocycles. The number of aliphatic hydroxyl groups is 1. The second-order valence-electron chi connectivity index (χ2n) is 8.91. The first kappa shape index (κ1) is 24.7. The average molecular weight is 498 g/mol. The molecule has 0 saturated heterocycles. The Bertz CT molecular complexity index is 1310. The van der Waals surface area contributed by atoms with E-state index in [-0.39, 0.29) is 11.3 Å². The second-order valence-corrected chi connectivity index (χ2v) is 9.34. The zero-order valence-corrected chi connectivity index (χ0v) is 20.9. The number of hydrogen-bond donors (Lipinski definition) is 1. The number of carbonyl (C=O) groups excluding carboxylic acids is 2. The summed E-state index contributed by atoms with van der Waals surface area (Å²) in [4.78, 5) is 28.2. The van der Waals surface area contributed by atoms with E-state index in [2.05, 4.69) is 13.8 Å². The second kappa shape index (κ2) is 10.0. The molecular weight excluding hydrogens is 470 g/mol. The predicted octanol–water partition coefficient (Wildman–Crippen LogP) is 6.12. The molecule has 0 aliphatic carbocycles. The number of rotatable bonds is 9. The Balaban J connectivity index is 1.78. The first-order valence-electron chi connectivity index (χ1n) is 11.5. The molecule has 0 spiro atoms. The van der Waals surface area contributed by atoms with Crippen LogP contribution in [0, 0.1) is 5.92 Å². The Morgan fingerprint density at radius 1 is 1.23 bits per heavy atom. The predicted molar refractivity (Wildman–Crippen MR) is 133 cm³/mol. The lowest BCUT2D eigenvalue weighted by Gasteiger charge is -2.26. The normalized spacial score (nSPS) is 16.0. The van der Waals surface area contributed by atoms with Gasteiger partial charge in [0.2, 0.25) is 5.78 Å². The molecule has 1 unspecified atom stereocenters. The number of ketones is 1. The van der Waals surface area contributed by atoms with Crippen LogP contribution in [0.2, 0.25) is 5.02 Å². The molecule has 35 heavy (non-hydrogen) atoms. The molecule has 1 aromatic heterocycles. The molecule has 8 heteroatoms. The highest BCUT2D eigenvalue weighted by molar-refractivity contribution is 6.31. The molecule has 4 rings (SSSR count). The quantitative estimate of drug-likeness (QED) is 0.358. The van der Waals surface area contributed by atoms with E-state index in [0.717, 1.165) is 0 Å². The Kier molecular flexibility index (Phi) is 7.08. The zero-order valence-electron chi connectivity index (χ0n) is 20.1. The van der Waals surface area contributed by atoms with Crippen LogP contribution in [0.4, 0.5) is 0 Å². The molecule has 1 amide bonds. The van der Waals surface area contributed by atoms with Crippen molar-refractivity contribution in [2.24, 2.45) is 5.92 Å². The number of hydrogen-bond acceptors (Lipinski definition) is 6. The third-order valence-electron chi connectivity index (χ3n) is 5.76. The van der Waals surface area contributed by atoms with E-state index >= 15 is 0 Å². The highest BCUT2D eigenvalue weighted by atomic mass is 35.5. The van der Waals surface area contributed by atoms with Crippen LogP contribution in [0.15, 0.2) is 58.2 Å². The van der Waals surface area contributed by atoms with Gasteiger partial charge >= 0.3 is 0 Å². The van der Waals surface area contributed by atoms with E-state index in [1.54, 1.807) is 24.3 Å². The summed E-state index contributed by atoms with van der Waals surface area (Å²) in [5.74, 6) is -0.429. The van der Waals surface area contributed by atoms with Crippen molar-refractivity contribution in [2.45, 2.75) is 33.2 Å². The first-order valence-corrected chi connectivity index (χ1v) is 11.9. The lowest BCUT2D eigenvalue weighted by Crippen LogP contribution is -2.31. The summed E-state index contributed by atoms with van der Waals surface area (Å²) >= 11 is 6.16. The number of methoxy groups -OCH3 is 1. The minimum atomic E-state index is -0.781. The summed E-state index contributed by atoms with van der Waals surface area (Å²) in [6, 6.07) is 11.3. The van der Waals surface area contributed by atoms with E-state index in [1.807, 2.05) is 25.1 Å². The van der Waals surface area contributed by atoms with Gasteiger partial charge in [-0.25, -0.2) is 0 Å². The number of amides is 1. The molecule has 1 N–H and O–H groups in total. The topological polar surface area (TPSA) is 89.2 Å². The fourth-order valence-electron chi connectivity index (χ4n) is 4.22. The van der Waals surface area contributed by atoms with Gasteiger partial charge in [0.15, 0.2) is 22.9 Å². The number of furan rings is 1. The summed E-state index contributed by atoms with van der Waals surface area (Å²) in [7, 11) is 1.48. The van der Waals surface area contributed by atoms with Gasteiger partial charge in [-0.2, -0.15) is 0 Å². The highest BCUT2D eigenvalue weighted by Crippen LogP contribution is 2.41. The largest absolute Gasteiger partial charge is 0.503 e. The van der Waals surface area contributed by atoms with E-state index in [9.17, 15) is 14.7 Å². The van der Waals surface area contributed by atoms with Gasteiger partial charge in [0.05, 0.1) is 25.3 Å². The standard InChI is InChI=1S/C27H28ClNO6/c1-5-9-29-23(16-7-6-8-19(11-16)34-14-15(2)3)22(25(31)27(29)32)24(30)20-12-17-10-18(28)13-21(33-4)26(17)35-20/h6-8,10-13,15,23,31H,5,9,14H2,1-4H3. The maximum atomic E-state index is 13.7. The fourth-order valence-corrected chi connectivity index (χ4v) is 4.44. The lowest BCUT2D eigenvalue weighted by molar-refractivity contribution is -0.129. The number of halogens is 1. The van der Waals surface area contributed by atoms with Crippen molar-refractivity contribution >= 4 is 34.3 Å². The Labute approximate surface area is 208 Å². The summed E-state index contributed by atoms with van der Waals surface area (Å²) in [6.07, 6.45) is 0.654. The van der Waals surface area contributed by atoms with Gasteiger partial charge in [0.25, 0.3) is 5.91 Å². The van der Waals surface area contributed by atoms with Crippen molar-refractivity contribution in [1.29, 1.82) is 0 Å². The molecule has 1 aliphatic heterocycles. The number of carbonyl (C=O) groups is 2. The van der Waals surface area contributed by atoms with Crippen LogP contribution in [-0.2, 0) is 4.79 Å². The smallest absolute Gasteiger partial charge is 0.290 e. The lowest BCUT2D eigenvalue weighted by atomic mass is 9.94. The van der Waals surface area contributed by atoms with Crippen LogP contribution >= 0.6 is 11.6 Å². The van der Waals surface area contributed by atoms with Crippen molar-refractivity contribution in [3.8, 4) is 11.5 Å². The monoisotopic (exact) mass is 497 g/mol. The number of aliphatic hydroxyl groups excluding tert-OH is 1. The minimum Gasteiger partial charge on any atom is -0.503 e. The molecule has 3 aromatic rings. The Morgan fingerprint density at radius 3 is 2.69 bits per heavy atom. The minimum absolute atomic E-state index is 0.0227. The summed E-state index contributed by atoms with van der Waals surface area (Å²) < 4.78 is 17.0. The van der Waals surface area contributed by atoms with Gasteiger partial charge in [0, 0.05) is 23.0 Å². The molecular formula is C27H28ClNO6. The van der Waals surface area contributed by atoms with E-state index in [0.29, 0.717) is 58.5 Å². The Hall–Kier alpha value is -3.45. The van der Waals surface area contributed by atoms with Gasteiger partial charge in [0.1, 0.15) is 5.75 Å². The van der Waals surface area contributed by atoms with Crippen molar-refractivity contribution in [3.05, 3.63) is 70.1 Å². The van der Waals surface area contributed by atoms with Crippen LogP contribution in [0.5, 0.6) is 11.5 Å². The Morgan fingerprint density at radius 2 is 2.00 bits per heavy atom. The third kappa shape index (κ3) is 4.73. The SMILES string of the molecule is CCCN1C(=O)C(O)=C(C(=O)c2cc3cc(Cl)cc(OC)c3o2)C1c1cccc(OCC(C)C)c1. The zero-order chi connectivity index (χ0) is 25.3. The van der Waals surface area contributed by atoms with Crippen molar-refractivity contribution in [3.63, 3.8) is 0 Å². The number of benzene rings is 2. The van der Waals surface area contributed by atoms with Crippen LogP contribution in [0.25, 0.3) is 11.0 Å². The highest BCUT2D eigenvalue weighted by Gasteiger charge is 2.44. The van der Waals surface area contributed by atoms with Crippen LogP contribution in [-0.4, -0.2) is 42.0 Å². The van der Waals surface area contributed by atoms with Crippen molar-refractivity contribution in [2.75, 3.05) is 20.3 Å². The van der Waals surface area contributed by atoms with Crippen molar-refractivity contribution in [1.82, 2.24) is 4.90 Å². The maximum absolute atomic E-state index is 13.7. The van der Waals surface area contributed by atoms with E-state index < -0.39 is 23.5 Å². The summed E-state index contributed by atoms with van der Waals surface area (Å²) in [6.45, 7) is 6.93. The molecule has 1 aliphatic rings. The molecule has 0 bridgehead atoms. The van der Waals surface area contributed by atoms with Gasteiger partial charge < -0.3 is 23.9 Å². The van der Waals surface area contributed by atoms with Gasteiger partial charge in [-0.3, -0.25) is 9.59 Å². The molecule has 0 radical (unpaired) electrons. The fraction of sp³-hybridized carbons (Fsp3) is 0.333. The van der Waals surface area contributed by atoms with Gasteiger partial charge in [-0.15, -0.1) is 0 Å². The number of ether oxygens (including phenoxy) is 2. The van der Waals surface area contributed by atoms with Crippen LogP contribution in [0.1, 0.15) is 49.4 Å². The van der Waals surface area contributed by atoms with E-state index in [4.69, 9.17) is 25.5 Å².